The van der Waals surface area contributed by atoms with E-state index in [1.54, 1.807) is 27.7 Å². The molecule has 0 N–H and O–H groups in total. The molecule has 5 nitrogen and oxygen atoms in total. The summed E-state index contributed by atoms with van der Waals surface area (Å²) in [5.41, 5.74) is -0.201. The lowest BCUT2D eigenvalue weighted by Crippen LogP contribution is -2.42. The average Bonchev–Trinajstić information content (AvgIpc) is 3.18. The number of benzene rings is 2. The molecular weight excluding hydrogens is 539 g/mol. The molecule has 0 radical (unpaired) electrons. The van der Waals surface area contributed by atoms with Crippen LogP contribution in [-0.2, 0) is 19.3 Å². The van der Waals surface area contributed by atoms with E-state index in [0.29, 0.717) is 46.8 Å². The normalized spacial score (nSPS) is 18.2. The van der Waals surface area contributed by atoms with Gasteiger partial charge in [-0.3, -0.25) is 9.47 Å². The maximum atomic E-state index is 14.7. The van der Waals surface area contributed by atoms with Crippen molar-refractivity contribution < 1.29 is 30.7 Å². The van der Waals surface area contributed by atoms with Gasteiger partial charge in [0.15, 0.2) is 11.6 Å². The third kappa shape index (κ3) is 4.95. The monoisotopic (exact) mass is 561 g/mol. The molecule has 3 aromatic rings. The first-order valence-electron chi connectivity index (χ1n) is 12.0. The van der Waals surface area contributed by atoms with Gasteiger partial charge in [-0.05, 0) is 55.7 Å². The first kappa shape index (κ1) is 26.7. The van der Waals surface area contributed by atoms with Crippen LogP contribution in [-0.4, -0.2) is 45.0 Å². The third-order valence-corrected chi connectivity index (χ3v) is 7.50. The summed E-state index contributed by atoms with van der Waals surface area (Å²) in [7, 11) is 0. The topological polar surface area (TPSA) is 37.2 Å². The molecule has 0 aliphatic carbocycles. The highest BCUT2D eigenvalue weighted by Crippen LogP contribution is 2.39. The smallest absolute Gasteiger partial charge is 0.369 e. The Labute approximate surface area is 218 Å². The maximum absolute atomic E-state index is 14.7. The summed E-state index contributed by atoms with van der Waals surface area (Å²) in [6, 6.07) is 6.49. The van der Waals surface area contributed by atoms with Crippen LogP contribution in [0.4, 0.5) is 36.4 Å². The highest BCUT2D eigenvalue weighted by atomic mass is 35.5. The maximum Gasteiger partial charge on any atom is 0.419 e. The number of fused-ring (bicyclic) bond motifs is 3. The van der Waals surface area contributed by atoms with Gasteiger partial charge in [0, 0.05) is 30.6 Å². The summed E-state index contributed by atoms with van der Waals surface area (Å²) in [5, 5.41) is 8.95. The van der Waals surface area contributed by atoms with E-state index in [0.717, 1.165) is 6.92 Å². The van der Waals surface area contributed by atoms with Crippen molar-refractivity contribution in [1.29, 1.82) is 0 Å². The summed E-state index contributed by atoms with van der Waals surface area (Å²) in [5.74, 6) is -0.589. The number of aromatic nitrogens is 3. The average molecular weight is 562 g/mol. The Morgan fingerprint density at radius 2 is 1.66 bits per heavy atom. The quantitative estimate of drug-likeness (QED) is 0.332. The molecule has 3 heterocycles. The fourth-order valence-electron chi connectivity index (χ4n) is 5.16. The standard InChI is InChI=1S/C25H23ClF7N5/c1-14(24(28,29)30)37-12-16-11-17(26)5-6-19(16)38-21(13-37)34-35-23(38)15-7-9-36(10-8-15)20-4-2-3-18(22(20)27)25(31,32)33/h2-6,11,14-15H,7-10,12-13H2,1H3. The number of hydrogen-bond donors (Lipinski definition) is 0. The van der Waals surface area contributed by atoms with Crippen LogP contribution >= 0.6 is 11.6 Å². The van der Waals surface area contributed by atoms with E-state index in [1.807, 2.05) is 0 Å². The molecule has 1 saturated heterocycles. The van der Waals surface area contributed by atoms with Crippen LogP contribution < -0.4 is 4.90 Å². The molecule has 2 aliphatic rings. The molecule has 0 bridgehead atoms. The van der Waals surface area contributed by atoms with E-state index in [4.69, 9.17) is 11.6 Å². The molecule has 204 valence electrons. The Balaban J connectivity index is 1.44. The van der Waals surface area contributed by atoms with Gasteiger partial charge in [-0.15, -0.1) is 10.2 Å². The molecule has 5 rings (SSSR count). The van der Waals surface area contributed by atoms with Crippen LogP contribution in [0.2, 0.25) is 5.02 Å². The number of rotatable bonds is 3. The number of nitrogens with zero attached hydrogens (tertiary/aromatic N) is 5. The van der Waals surface area contributed by atoms with E-state index in [2.05, 4.69) is 10.2 Å². The zero-order chi connectivity index (χ0) is 27.4. The van der Waals surface area contributed by atoms with Crippen LogP contribution in [0.15, 0.2) is 36.4 Å². The van der Waals surface area contributed by atoms with Crippen molar-refractivity contribution in [1.82, 2.24) is 19.7 Å². The molecule has 13 heteroatoms. The molecule has 0 saturated carbocycles. The summed E-state index contributed by atoms with van der Waals surface area (Å²) < 4.78 is 96.7. The van der Waals surface area contributed by atoms with Gasteiger partial charge in [0.25, 0.3) is 0 Å². The largest absolute Gasteiger partial charge is 0.419 e. The fourth-order valence-corrected chi connectivity index (χ4v) is 5.35. The van der Waals surface area contributed by atoms with E-state index in [-0.39, 0.29) is 37.8 Å². The minimum atomic E-state index is -4.80. The van der Waals surface area contributed by atoms with Gasteiger partial charge in [-0.1, -0.05) is 17.7 Å². The van der Waals surface area contributed by atoms with Gasteiger partial charge in [-0.2, -0.15) is 26.3 Å². The second-order valence-corrected chi connectivity index (χ2v) is 10.0. The zero-order valence-electron chi connectivity index (χ0n) is 20.1. The van der Waals surface area contributed by atoms with Gasteiger partial charge < -0.3 is 4.90 Å². The Morgan fingerprint density at radius 1 is 0.947 bits per heavy atom. The van der Waals surface area contributed by atoms with E-state index in [9.17, 15) is 30.7 Å². The van der Waals surface area contributed by atoms with Crippen molar-refractivity contribution in [2.75, 3.05) is 18.0 Å². The number of alkyl halides is 6. The summed E-state index contributed by atoms with van der Waals surface area (Å²) in [4.78, 5) is 2.84. The van der Waals surface area contributed by atoms with Crippen LogP contribution in [0.1, 0.15) is 48.5 Å². The van der Waals surface area contributed by atoms with Gasteiger partial charge in [-0.25, -0.2) is 4.39 Å². The second-order valence-electron chi connectivity index (χ2n) is 9.60. The Bertz CT molecular complexity index is 1330. The van der Waals surface area contributed by atoms with Crippen LogP contribution in [0.5, 0.6) is 0 Å². The number of piperidine rings is 1. The van der Waals surface area contributed by atoms with Gasteiger partial charge in [0.1, 0.15) is 11.9 Å². The Kier molecular flexibility index (Phi) is 6.83. The molecule has 2 aliphatic heterocycles. The SMILES string of the molecule is CC(N1Cc2cc(Cl)ccc2-n2c(nnc2C2CCN(c3cccc(C(F)(F)F)c3F)CC2)C1)C(F)(F)F. The van der Waals surface area contributed by atoms with Gasteiger partial charge in [0.05, 0.1) is 23.5 Å². The minimum Gasteiger partial charge on any atom is -0.369 e. The lowest BCUT2D eigenvalue weighted by atomic mass is 9.95. The van der Waals surface area contributed by atoms with Crippen LogP contribution in [0.25, 0.3) is 5.69 Å². The van der Waals surface area contributed by atoms with E-state index >= 15 is 0 Å². The first-order valence-corrected chi connectivity index (χ1v) is 12.4. The summed E-state index contributed by atoms with van der Waals surface area (Å²) in [6.45, 7) is 1.56. The first-order chi connectivity index (χ1) is 17.8. The molecular formula is C25H23ClF7N5. The van der Waals surface area contributed by atoms with Crippen molar-refractivity contribution >= 4 is 17.3 Å². The van der Waals surface area contributed by atoms with Crippen molar-refractivity contribution in [3.05, 3.63) is 70.0 Å². The fraction of sp³-hybridized carbons (Fsp3) is 0.440. The predicted octanol–water partition coefficient (Wildman–Crippen LogP) is 6.73. The molecule has 1 aromatic heterocycles. The number of halogens is 8. The van der Waals surface area contributed by atoms with Crippen molar-refractivity contribution in [3.63, 3.8) is 0 Å². The molecule has 1 fully saturated rings. The summed E-state index contributed by atoms with van der Waals surface area (Å²) in [6.07, 6.45) is -8.35. The van der Waals surface area contributed by atoms with E-state index in [1.165, 1.54) is 17.0 Å². The summed E-state index contributed by atoms with van der Waals surface area (Å²) >= 11 is 6.18. The molecule has 0 amide bonds. The van der Waals surface area contributed by atoms with Gasteiger partial charge in [0.2, 0.25) is 0 Å². The number of hydrogen-bond acceptors (Lipinski definition) is 4. The highest BCUT2D eigenvalue weighted by Gasteiger charge is 2.42. The minimum absolute atomic E-state index is 0.00658. The van der Waals surface area contributed by atoms with E-state index < -0.39 is 29.8 Å². The molecule has 1 atom stereocenters. The van der Waals surface area contributed by atoms with Crippen LogP contribution in [0, 0.1) is 5.82 Å². The Hall–Kier alpha value is -2.86. The van der Waals surface area contributed by atoms with Gasteiger partial charge >= 0.3 is 12.4 Å². The van der Waals surface area contributed by atoms with Crippen molar-refractivity contribution in [2.45, 2.75) is 57.2 Å². The van der Waals surface area contributed by atoms with Crippen molar-refractivity contribution in [3.8, 4) is 5.69 Å². The lowest BCUT2D eigenvalue weighted by Gasteiger charge is -2.34. The highest BCUT2D eigenvalue weighted by molar-refractivity contribution is 6.30. The van der Waals surface area contributed by atoms with Crippen molar-refractivity contribution in [2.24, 2.45) is 0 Å². The third-order valence-electron chi connectivity index (χ3n) is 7.26. The zero-order valence-corrected chi connectivity index (χ0v) is 20.9. The second kappa shape index (κ2) is 9.71. The molecule has 2 aromatic carbocycles. The molecule has 38 heavy (non-hydrogen) atoms. The lowest BCUT2D eigenvalue weighted by molar-refractivity contribution is -0.182. The molecule has 0 spiro atoms. The van der Waals surface area contributed by atoms with Crippen LogP contribution in [0.3, 0.4) is 0 Å². The Morgan fingerprint density at radius 3 is 2.32 bits per heavy atom. The predicted molar refractivity (Wildman–Crippen MR) is 127 cm³/mol. The number of anilines is 1. The molecule has 1 unspecified atom stereocenters.